The van der Waals surface area contributed by atoms with E-state index in [2.05, 4.69) is 4.98 Å². The minimum atomic E-state index is -0.293. The van der Waals surface area contributed by atoms with Crippen LogP contribution in [0.5, 0.6) is 0 Å². The molecule has 0 aliphatic heterocycles. The van der Waals surface area contributed by atoms with Gasteiger partial charge in [0.15, 0.2) is 5.95 Å². The van der Waals surface area contributed by atoms with Crippen LogP contribution < -0.4 is 5.73 Å². The maximum Gasteiger partial charge on any atom is 0.191 e. The SMILES string of the molecule is NCCc1ccc(F)[nH]1. The van der Waals surface area contributed by atoms with Crippen LogP contribution in [0.3, 0.4) is 0 Å². The highest BCUT2D eigenvalue weighted by Gasteiger charge is 1.93. The first kappa shape index (κ1) is 6.29. The highest BCUT2D eigenvalue weighted by Crippen LogP contribution is 1.98. The van der Waals surface area contributed by atoms with Gasteiger partial charge in [-0.05, 0) is 25.1 Å². The van der Waals surface area contributed by atoms with Crippen molar-refractivity contribution in [3.05, 3.63) is 23.8 Å². The molecule has 50 valence electrons. The van der Waals surface area contributed by atoms with Gasteiger partial charge >= 0.3 is 0 Å². The Bertz CT molecular complexity index is 183. The second-order valence-corrected chi connectivity index (χ2v) is 1.87. The van der Waals surface area contributed by atoms with Gasteiger partial charge in [0.2, 0.25) is 0 Å². The fourth-order valence-corrected chi connectivity index (χ4v) is 0.712. The fraction of sp³-hybridized carbons (Fsp3) is 0.333. The second-order valence-electron chi connectivity index (χ2n) is 1.87. The predicted molar refractivity (Wildman–Crippen MR) is 33.5 cm³/mol. The first-order valence-corrected chi connectivity index (χ1v) is 2.86. The summed E-state index contributed by atoms with van der Waals surface area (Å²) in [6, 6.07) is 3.09. The number of halogens is 1. The number of hydrogen-bond acceptors (Lipinski definition) is 1. The Labute approximate surface area is 52.9 Å². The van der Waals surface area contributed by atoms with Gasteiger partial charge in [-0.1, -0.05) is 0 Å². The highest BCUT2D eigenvalue weighted by atomic mass is 19.1. The van der Waals surface area contributed by atoms with E-state index >= 15 is 0 Å². The van der Waals surface area contributed by atoms with Gasteiger partial charge < -0.3 is 10.7 Å². The quantitative estimate of drug-likeness (QED) is 0.603. The van der Waals surface area contributed by atoms with Gasteiger partial charge in [0, 0.05) is 5.69 Å². The minimum absolute atomic E-state index is 0.293. The summed E-state index contributed by atoms with van der Waals surface area (Å²) >= 11 is 0. The predicted octanol–water partition coefficient (Wildman–Crippen LogP) is 0.655. The third-order valence-electron chi connectivity index (χ3n) is 1.12. The standard InChI is InChI=1S/C6H9FN2/c7-6-2-1-5(9-6)3-4-8/h1-2,9H,3-4,8H2. The molecule has 1 rings (SSSR count). The molecule has 1 aromatic heterocycles. The summed E-state index contributed by atoms with van der Waals surface area (Å²) < 4.78 is 12.2. The molecule has 0 bridgehead atoms. The van der Waals surface area contributed by atoms with Crippen molar-refractivity contribution >= 4 is 0 Å². The molecule has 0 saturated carbocycles. The number of H-pyrrole nitrogens is 1. The fourth-order valence-electron chi connectivity index (χ4n) is 0.712. The molecule has 1 heterocycles. The summed E-state index contributed by atoms with van der Waals surface area (Å²) in [5.41, 5.74) is 6.08. The first-order chi connectivity index (χ1) is 4.33. The Morgan fingerprint density at radius 3 is 2.78 bits per heavy atom. The van der Waals surface area contributed by atoms with Gasteiger partial charge in [-0.15, -0.1) is 0 Å². The zero-order valence-electron chi connectivity index (χ0n) is 5.02. The Balaban J connectivity index is 2.61. The number of aromatic amines is 1. The molecular formula is C6H9FN2. The summed E-state index contributed by atoms with van der Waals surface area (Å²) in [6.07, 6.45) is 0.712. The van der Waals surface area contributed by atoms with Crippen molar-refractivity contribution in [1.29, 1.82) is 0 Å². The number of nitrogens with two attached hydrogens (primary N) is 1. The topological polar surface area (TPSA) is 41.8 Å². The van der Waals surface area contributed by atoms with Crippen LogP contribution in [0.1, 0.15) is 5.69 Å². The van der Waals surface area contributed by atoms with E-state index in [0.29, 0.717) is 13.0 Å². The smallest absolute Gasteiger partial charge is 0.191 e. The van der Waals surface area contributed by atoms with Crippen LogP contribution in [0.2, 0.25) is 0 Å². The number of nitrogens with one attached hydrogen (secondary N) is 1. The molecule has 0 aromatic carbocycles. The van der Waals surface area contributed by atoms with Gasteiger partial charge in [0.25, 0.3) is 0 Å². The van der Waals surface area contributed by atoms with Crippen molar-refractivity contribution in [2.75, 3.05) is 6.54 Å². The van der Waals surface area contributed by atoms with Crippen molar-refractivity contribution < 1.29 is 4.39 Å². The molecule has 0 aliphatic carbocycles. The maximum absolute atomic E-state index is 12.2. The molecule has 1 aromatic rings. The molecule has 0 amide bonds. The minimum Gasteiger partial charge on any atom is -0.336 e. The summed E-state index contributed by atoms with van der Waals surface area (Å²) in [4.78, 5) is 2.53. The lowest BCUT2D eigenvalue weighted by atomic mass is 10.3. The van der Waals surface area contributed by atoms with Crippen LogP contribution in [0.25, 0.3) is 0 Å². The van der Waals surface area contributed by atoms with E-state index in [0.717, 1.165) is 5.69 Å². The van der Waals surface area contributed by atoms with Gasteiger partial charge in [0.05, 0.1) is 0 Å². The molecular weight excluding hydrogens is 119 g/mol. The Morgan fingerprint density at radius 1 is 1.56 bits per heavy atom. The van der Waals surface area contributed by atoms with Gasteiger partial charge in [-0.3, -0.25) is 0 Å². The van der Waals surface area contributed by atoms with Crippen molar-refractivity contribution in [3.63, 3.8) is 0 Å². The average molecular weight is 128 g/mol. The van der Waals surface area contributed by atoms with E-state index in [4.69, 9.17) is 5.73 Å². The summed E-state index contributed by atoms with van der Waals surface area (Å²) in [6.45, 7) is 0.556. The summed E-state index contributed by atoms with van der Waals surface area (Å²) in [5, 5.41) is 0. The normalized spacial score (nSPS) is 10.0. The van der Waals surface area contributed by atoms with Crippen LogP contribution in [0, 0.1) is 5.95 Å². The lowest BCUT2D eigenvalue weighted by Gasteiger charge is -1.88. The maximum atomic E-state index is 12.2. The van der Waals surface area contributed by atoms with Crippen molar-refractivity contribution in [2.45, 2.75) is 6.42 Å². The van der Waals surface area contributed by atoms with Crippen LogP contribution in [0.15, 0.2) is 12.1 Å². The van der Waals surface area contributed by atoms with E-state index in [1.807, 2.05) is 0 Å². The van der Waals surface area contributed by atoms with Crippen molar-refractivity contribution in [2.24, 2.45) is 5.73 Å². The molecule has 3 heteroatoms. The third kappa shape index (κ3) is 1.54. The van der Waals surface area contributed by atoms with Crippen molar-refractivity contribution in [3.8, 4) is 0 Å². The molecule has 2 nitrogen and oxygen atoms in total. The molecule has 0 unspecified atom stereocenters. The van der Waals surface area contributed by atoms with E-state index in [-0.39, 0.29) is 5.95 Å². The molecule has 0 spiro atoms. The number of hydrogen-bond donors (Lipinski definition) is 2. The van der Waals surface area contributed by atoms with Crippen LogP contribution in [-0.4, -0.2) is 11.5 Å². The lowest BCUT2D eigenvalue weighted by molar-refractivity contribution is 0.587. The van der Waals surface area contributed by atoms with Gasteiger partial charge in [-0.2, -0.15) is 4.39 Å². The van der Waals surface area contributed by atoms with E-state index in [9.17, 15) is 4.39 Å². The highest BCUT2D eigenvalue weighted by molar-refractivity contribution is 5.05. The molecule has 0 aliphatic rings. The number of aromatic nitrogens is 1. The molecule has 3 N–H and O–H groups in total. The molecule has 0 fully saturated rings. The molecule has 0 saturated heterocycles. The van der Waals surface area contributed by atoms with Crippen molar-refractivity contribution in [1.82, 2.24) is 4.98 Å². The zero-order valence-corrected chi connectivity index (χ0v) is 5.02. The van der Waals surface area contributed by atoms with Gasteiger partial charge in [-0.25, -0.2) is 0 Å². The lowest BCUT2D eigenvalue weighted by Crippen LogP contribution is -2.02. The van der Waals surface area contributed by atoms with E-state index in [1.165, 1.54) is 6.07 Å². The number of rotatable bonds is 2. The zero-order chi connectivity index (χ0) is 6.69. The molecule has 9 heavy (non-hydrogen) atoms. The first-order valence-electron chi connectivity index (χ1n) is 2.86. The Kier molecular flexibility index (Phi) is 1.85. The monoisotopic (exact) mass is 128 g/mol. The summed E-state index contributed by atoms with van der Waals surface area (Å²) in [5.74, 6) is -0.293. The Hall–Kier alpha value is -0.830. The second kappa shape index (κ2) is 2.64. The average Bonchev–Trinajstić information content (AvgIpc) is 2.17. The van der Waals surface area contributed by atoms with Gasteiger partial charge in [0.1, 0.15) is 0 Å². The van der Waals surface area contributed by atoms with Crippen LogP contribution in [0.4, 0.5) is 4.39 Å². The van der Waals surface area contributed by atoms with Crippen LogP contribution >= 0.6 is 0 Å². The molecule has 0 atom stereocenters. The van der Waals surface area contributed by atoms with E-state index in [1.54, 1.807) is 6.07 Å². The van der Waals surface area contributed by atoms with Crippen LogP contribution in [-0.2, 0) is 6.42 Å². The Morgan fingerprint density at radius 2 is 2.33 bits per heavy atom. The largest absolute Gasteiger partial charge is 0.336 e. The third-order valence-corrected chi connectivity index (χ3v) is 1.12. The summed E-state index contributed by atoms with van der Waals surface area (Å²) in [7, 11) is 0. The molecule has 0 radical (unpaired) electrons. The van der Waals surface area contributed by atoms with E-state index < -0.39 is 0 Å².